The zero-order valence-electron chi connectivity index (χ0n) is 9.37. The molecule has 0 fully saturated rings. The molecule has 84 valence electrons. The zero-order chi connectivity index (χ0) is 12.3. The van der Waals surface area contributed by atoms with Gasteiger partial charge in [-0.2, -0.15) is 0 Å². The summed E-state index contributed by atoms with van der Waals surface area (Å²) in [7, 11) is 5.37. The Bertz CT molecular complexity index is 259. The second-order valence-electron chi connectivity index (χ2n) is 4.49. The van der Waals surface area contributed by atoms with Gasteiger partial charge >= 0.3 is 5.97 Å². The highest BCUT2D eigenvalue weighted by molar-refractivity contribution is 6.27. The summed E-state index contributed by atoms with van der Waals surface area (Å²) in [5.41, 5.74) is 8.09. The summed E-state index contributed by atoms with van der Waals surface area (Å²) in [6, 6.07) is 0. The molecule has 2 radical (unpaired) electrons. The van der Waals surface area contributed by atoms with Gasteiger partial charge in [0.25, 0.3) is 0 Å². The molecule has 0 saturated carbocycles. The summed E-state index contributed by atoms with van der Waals surface area (Å²) in [5.74, 6) is -1.30. The lowest BCUT2D eigenvalue weighted by molar-refractivity contribution is -0.155. The number of ether oxygens (including phenoxy) is 1. The topological polar surface area (TPSA) is 95.4 Å². The van der Waals surface area contributed by atoms with E-state index in [1.807, 2.05) is 0 Å². The lowest BCUT2D eigenvalue weighted by Crippen LogP contribution is -2.52. The third-order valence-electron chi connectivity index (χ3n) is 1.62. The number of carbonyl (C=O) groups excluding carboxylic acids is 2. The standard InChI is InChI=1S/C9H17BN2O3/c1-8(2,3)15-6(13)4-5-9(10,12)7(11)14/h4-5,12H2,1-3H3,(H2,11,14). The minimum atomic E-state index is -1.66. The monoisotopic (exact) mass is 212 g/mol. The van der Waals surface area contributed by atoms with Crippen LogP contribution < -0.4 is 11.5 Å². The van der Waals surface area contributed by atoms with Gasteiger partial charge in [-0.1, -0.05) is 0 Å². The number of amides is 1. The molecule has 6 heteroatoms. The number of rotatable bonds is 4. The van der Waals surface area contributed by atoms with Crippen LogP contribution in [-0.4, -0.2) is 30.8 Å². The van der Waals surface area contributed by atoms with E-state index in [-0.39, 0.29) is 12.8 Å². The lowest BCUT2D eigenvalue weighted by Gasteiger charge is -2.23. The predicted octanol–water partition coefficient (Wildman–Crippen LogP) is -0.583. The van der Waals surface area contributed by atoms with Gasteiger partial charge in [0.1, 0.15) is 13.4 Å². The molecular formula is C9H17BN2O3. The fourth-order valence-electron chi connectivity index (χ4n) is 0.825. The molecule has 0 saturated heterocycles. The van der Waals surface area contributed by atoms with E-state index >= 15 is 0 Å². The van der Waals surface area contributed by atoms with Crippen LogP contribution in [0, 0.1) is 0 Å². The van der Waals surface area contributed by atoms with E-state index in [0.717, 1.165) is 0 Å². The summed E-state index contributed by atoms with van der Waals surface area (Å²) in [6.07, 6.45) is -0.0650. The van der Waals surface area contributed by atoms with E-state index < -0.39 is 22.9 Å². The van der Waals surface area contributed by atoms with Gasteiger partial charge in [-0.15, -0.1) is 0 Å². The highest BCUT2D eigenvalue weighted by Gasteiger charge is 2.26. The molecule has 0 aromatic carbocycles. The van der Waals surface area contributed by atoms with Gasteiger partial charge in [-0.05, 0) is 27.2 Å². The van der Waals surface area contributed by atoms with Crippen LogP contribution in [0.4, 0.5) is 0 Å². The average Bonchev–Trinajstić information content (AvgIpc) is 1.97. The van der Waals surface area contributed by atoms with Crippen LogP contribution in [0.1, 0.15) is 33.6 Å². The third kappa shape index (κ3) is 6.12. The molecule has 0 spiro atoms. The Morgan fingerprint density at radius 2 is 1.80 bits per heavy atom. The van der Waals surface area contributed by atoms with Crippen LogP contribution in [0.15, 0.2) is 0 Å². The van der Waals surface area contributed by atoms with Crippen molar-refractivity contribution >= 4 is 19.7 Å². The first-order valence-electron chi connectivity index (χ1n) is 4.64. The summed E-state index contributed by atoms with van der Waals surface area (Å²) in [4.78, 5) is 22.0. The molecule has 1 unspecified atom stereocenters. The summed E-state index contributed by atoms with van der Waals surface area (Å²) >= 11 is 0. The van der Waals surface area contributed by atoms with E-state index in [4.69, 9.17) is 24.1 Å². The van der Waals surface area contributed by atoms with Crippen molar-refractivity contribution in [1.82, 2.24) is 0 Å². The normalized spacial score (nSPS) is 15.5. The first kappa shape index (κ1) is 14.0. The Balaban J connectivity index is 4.07. The molecule has 4 N–H and O–H groups in total. The highest BCUT2D eigenvalue weighted by Crippen LogP contribution is 2.11. The quantitative estimate of drug-likeness (QED) is 0.481. The molecule has 15 heavy (non-hydrogen) atoms. The van der Waals surface area contributed by atoms with Crippen molar-refractivity contribution in [2.45, 2.75) is 44.7 Å². The van der Waals surface area contributed by atoms with Crippen molar-refractivity contribution in [2.24, 2.45) is 11.5 Å². The first-order chi connectivity index (χ1) is 6.54. The molecular weight excluding hydrogens is 195 g/mol. The number of nitrogens with two attached hydrogens (primary N) is 2. The number of primary amides is 1. The highest BCUT2D eigenvalue weighted by atomic mass is 16.6. The number of esters is 1. The smallest absolute Gasteiger partial charge is 0.306 e. The minimum Gasteiger partial charge on any atom is -0.460 e. The van der Waals surface area contributed by atoms with Gasteiger partial charge in [0.05, 0.1) is 5.44 Å². The molecule has 0 aliphatic heterocycles. The molecule has 0 rings (SSSR count). The van der Waals surface area contributed by atoms with Crippen LogP contribution in [0.5, 0.6) is 0 Å². The number of hydrogen-bond acceptors (Lipinski definition) is 4. The van der Waals surface area contributed by atoms with Crippen molar-refractivity contribution in [3.8, 4) is 0 Å². The Morgan fingerprint density at radius 1 is 1.33 bits per heavy atom. The molecule has 0 aromatic heterocycles. The van der Waals surface area contributed by atoms with Crippen molar-refractivity contribution in [3.63, 3.8) is 0 Å². The van der Waals surface area contributed by atoms with Gasteiger partial charge in [-0.25, -0.2) is 0 Å². The summed E-state index contributed by atoms with van der Waals surface area (Å²) in [6.45, 7) is 5.24. The van der Waals surface area contributed by atoms with Crippen molar-refractivity contribution in [2.75, 3.05) is 0 Å². The van der Waals surface area contributed by atoms with Crippen molar-refractivity contribution < 1.29 is 14.3 Å². The van der Waals surface area contributed by atoms with Gasteiger partial charge in [0, 0.05) is 6.42 Å². The van der Waals surface area contributed by atoms with Crippen LogP contribution >= 0.6 is 0 Å². The van der Waals surface area contributed by atoms with Gasteiger partial charge in [0.2, 0.25) is 5.91 Å². The number of hydrogen-bond donors (Lipinski definition) is 2. The second-order valence-corrected chi connectivity index (χ2v) is 4.49. The SMILES string of the molecule is [B]C(N)(CCC(=O)OC(C)(C)C)C(N)=O. The lowest BCUT2D eigenvalue weighted by atomic mass is 9.74. The van der Waals surface area contributed by atoms with Crippen molar-refractivity contribution in [1.29, 1.82) is 0 Å². The van der Waals surface area contributed by atoms with E-state index in [0.29, 0.717) is 0 Å². The van der Waals surface area contributed by atoms with E-state index in [1.54, 1.807) is 20.8 Å². The van der Waals surface area contributed by atoms with E-state index in [2.05, 4.69) is 0 Å². The molecule has 0 aromatic rings. The van der Waals surface area contributed by atoms with Gasteiger partial charge in [-0.3, -0.25) is 9.59 Å². The fourth-order valence-corrected chi connectivity index (χ4v) is 0.825. The molecule has 0 heterocycles. The fraction of sp³-hybridized carbons (Fsp3) is 0.778. The maximum atomic E-state index is 11.2. The third-order valence-corrected chi connectivity index (χ3v) is 1.62. The van der Waals surface area contributed by atoms with Crippen LogP contribution in [-0.2, 0) is 14.3 Å². The molecule has 1 atom stereocenters. The summed E-state index contributed by atoms with van der Waals surface area (Å²) < 4.78 is 5.01. The van der Waals surface area contributed by atoms with E-state index in [9.17, 15) is 9.59 Å². The molecule has 5 nitrogen and oxygen atoms in total. The largest absolute Gasteiger partial charge is 0.460 e. The average molecular weight is 212 g/mol. The van der Waals surface area contributed by atoms with Crippen LogP contribution in [0.3, 0.4) is 0 Å². The summed E-state index contributed by atoms with van der Waals surface area (Å²) in [5, 5.41) is 0. The Labute approximate surface area is 90.9 Å². The van der Waals surface area contributed by atoms with Gasteiger partial charge in [0.15, 0.2) is 0 Å². The predicted molar refractivity (Wildman–Crippen MR) is 56.9 cm³/mol. The zero-order valence-corrected chi connectivity index (χ0v) is 9.37. The molecule has 0 bridgehead atoms. The molecule has 1 amide bonds. The Morgan fingerprint density at radius 3 is 2.13 bits per heavy atom. The Hall–Kier alpha value is -1.04. The van der Waals surface area contributed by atoms with Gasteiger partial charge < -0.3 is 16.2 Å². The number of carbonyl (C=O) groups is 2. The maximum absolute atomic E-state index is 11.2. The molecule has 0 aliphatic carbocycles. The van der Waals surface area contributed by atoms with Crippen molar-refractivity contribution in [3.05, 3.63) is 0 Å². The second kappa shape index (κ2) is 4.66. The van der Waals surface area contributed by atoms with Crippen LogP contribution in [0.25, 0.3) is 0 Å². The van der Waals surface area contributed by atoms with Crippen LogP contribution in [0.2, 0.25) is 0 Å². The maximum Gasteiger partial charge on any atom is 0.306 e. The first-order valence-corrected chi connectivity index (χ1v) is 4.64. The Kier molecular flexibility index (Phi) is 4.34. The van der Waals surface area contributed by atoms with E-state index in [1.165, 1.54) is 0 Å². The molecule has 0 aliphatic rings. The minimum absolute atomic E-state index is 0.0305.